The van der Waals surface area contributed by atoms with E-state index in [0.29, 0.717) is 16.8 Å². The van der Waals surface area contributed by atoms with Crippen LogP contribution >= 0.6 is 0 Å². The van der Waals surface area contributed by atoms with Gasteiger partial charge in [0, 0.05) is 51.7 Å². The summed E-state index contributed by atoms with van der Waals surface area (Å²) >= 11 is 0. The van der Waals surface area contributed by atoms with Crippen LogP contribution in [-0.2, 0) is 0 Å². The number of hydrogen-bond donors (Lipinski definition) is 1. The molecule has 0 atom stereocenters. The Kier molecular flexibility index (Phi) is 5.01. The Hall–Kier alpha value is -2.82. The molecule has 5 nitrogen and oxygen atoms in total. The largest absolute Gasteiger partial charge is 0.383 e. The van der Waals surface area contributed by atoms with Crippen molar-refractivity contribution in [3.05, 3.63) is 65.6 Å². The van der Waals surface area contributed by atoms with Crippen molar-refractivity contribution in [2.45, 2.75) is 0 Å². The molecule has 0 radical (unpaired) electrons. The van der Waals surface area contributed by atoms with E-state index in [-0.39, 0.29) is 11.7 Å². The van der Waals surface area contributed by atoms with E-state index in [9.17, 15) is 9.59 Å². The molecule has 0 aliphatic carbocycles. The van der Waals surface area contributed by atoms with E-state index in [1.165, 1.54) is 4.90 Å². The van der Waals surface area contributed by atoms with E-state index in [1.807, 2.05) is 49.3 Å². The van der Waals surface area contributed by atoms with Crippen LogP contribution in [0, 0.1) is 0 Å². The van der Waals surface area contributed by atoms with Crippen LogP contribution < -0.4 is 0 Å². The maximum absolute atomic E-state index is 12.8. The third-order valence-electron chi connectivity index (χ3n) is 3.30. The van der Waals surface area contributed by atoms with Gasteiger partial charge in [-0.3, -0.25) is 9.59 Å². The lowest BCUT2D eigenvalue weighted by Crippen LogP contribution is -2.21. The summed E-state index contributed by atoms with van der Waals surface area (Å²) in [7, 11) is 7.08. The van der Waals surface area contributed by atoms with Crippen LogP contribution in [0.25, 0.3) is 5.57 Å². The van der Waals surface area contributed by atoms with E-state index in [0.717, 1.165) is 5.56 Å². The molecule has 120 valence electrons. The number of allylic oxidation sites excluding steroid dienone is 1. The number of aromatic amines is 1. The number of hydrogen-bond acceptors (Lipinski definition) is 3. The van der Waals surface area contributed by atoms with Gasteiger partial charge in [0.25, 0.3) is 5.91 Å². The van der Waals surface area contributed by atoms with Gasteiger partial charge in [0.05, 0.1) is 0 Å². The van der Waals surface area contributed by atoms with Gasteiger partial charge in [0.1, 0.15) is 5.69 Å². The number of aromatic nitrogens is 1. The molecule has 1 amide bonds. The molecule has 1 N–H and O–H groups in total. The molecule has 1 aromatic heterocycles. The van der Waals surface area contributed by atoms with Gasteiger partial charge in [-0.1, -0.05) is 30.3 Å². The van der Waals surface area contributed by atoms with Crippen LogP contribution in [0.3, 0.4) is 0 Å². The molecule has 0 unspecified atom stereocenters. The summed E-state index contributed by atoms with van der Waals surface area (Å²) in [6.07, 6.45) is 3.36. The molecule has 5 heteroatoms. The van der Waals surface area contributed by atoms with Crippen molar-refractivity contribution in [2.75, 3.05) is 28.2 Å². The standard InChI is InChI=1S/C18H21N3O2/c1-20(2)12-15(13-8-6-5-7-9-13)17(22)14-10-16(19-11-14)18(23)21(3)4/h5-12,19H,1-4H3/b15-12-. The highest BCUT2D eigenvalue weighted by Gasteiger charge is 2.18. The molecule has 0 fully saturated rings. The molecule has 0 saturated carbocycles. The van der Waals surface area contributed by atoms with Gasteiger partial charge in [-0.2, -0.15) is 0 Å². The second kappa shape index (κ2) is 6.96. The van der Waals surface area contributed by atoms with Gasteiger partial charge in [-0.25, -0.2) is 0 Å². The molecular weight excluding hydrogens is 290 g/mol. The zero-order valence-electron chi connectivity index (χ0n) is 13.8. The fourth-order valence-electron chi connectivity index (χ4n) is 2.19. The molecule has 0 saturated heterocycles. The van der Waals surface area contributed by atoms with Crippen molar-refractivity contribution in [1.29, 1.82) is 0 Å². The normalized spacial score (nSPS) is 11.2. The lowest BCUT2D eigenvalue weighted by molar-refractivity contribution is 0.0822. The van der Waals surface area contributed by atoms with Gasteiger partial charge >= 0.3 is 0 Å². The summed E-state index contributed by atoms with van der Waals surface area (Å²) in [6.45, 7) is 0. The highest BCUT2D eigenvalue weighted by atomic mass is 16.2. The van der Waals surface area contributed by atoms with Gasteiger partial charge in [-0.15, -0.1) is 0 Å². The Morgan fingerprint density at radius 2 is 1.65 bits per heavy atom. The topological polar surface area (TPSA) is 56.4 Å². The zero-order chi connectivity index (χ0) is 17.0. The maximum atomic E-state index is 12.8. The summed E-state index contributed by atoms with van der Waals surface area (Å²) in [4.78, 5) is 31.0. The summed E-state index contributed by atoms with van der Waals surface area (Å²) in [5.74, 6) is -0.291. The molecule has 0 aliphatic heterocycles. The van der Waals surface area contributed by atoms with Gasteiger partial charge in [-0.05, 0) is 11.6 Å². The zero-order valence-corrected chi connectivity index (χ0v) is 13.8. The molecule has 2 rings (SSSR count). The number of nitrogens with one attached hydrogen (secondary N) is 1. The second-order valence-corrected chi connectivity index (χ2v) is 5.70. The molecule has 0 bridgehead atoms. The number of carbonyl (C=O) groups is 2. The van der Waals surface area contributed by atoms with Gasteiger partial charge in [0.15, 0.2) is 5.78 Å². The van der Waals surface area contributed by atoms with E-state index in [4.69, 9.17) is 0 Å². The lowest BCUT2D eigenvalue weighted by Gasteiger charge is -2.11. The number of carbonyl (C=O) groups excluding carboxylic acids is 2. The summed E-state index contributed by atoms with van der Waals surface area (Å²) < 4.78 is 0. The van der Waals surface area contributed by atoms with E-state index < -0.39 is 0 Å². The summed E-state index contributed by atoms with van der Waals surface area (Å²) in [5.41, 5.74) is 2.29. The van der Waals surface area contributed by atoms with Crippen LogP contribution in [0.2, 0.25) is 0 Å². The van der Waals surface area contributed by atoms with Crippen molar-refractivity contribution in [1.82, 2.24) is 14.8 Å². The summed E-state index contributed by atoms with van der Waals surface area (Å²) in [6, 6.07) is 11.1. The number of amides is 1. The minimum absolute atomic E-state index is 0.126. The average molecular weight is 311 g/mol. The fraction of sp³-hybridized carbons (Fsp3) is 0.222. The van der Waals surface area contributed by atoms with Gasteiger partial charge in [0.2, 0.25) is 0 Å². The predicted molar refractivity (Wildman–Crippen MR) is 91.2 cm³/mol. The molecular formula is C18H21N3O2. The van der Waals surface area contributed by atoms with E-state index >= 15 is 0 Å². The van der Waals surface area contributed by atoms with E-state index in [2.05, 4.69) is 4.98 Å². The predicted octanol–water partition coefficient (Wildman–Crippen LogP) is 2.50. The van der Waals surface area contributed by atoms with Crippen molar-refractivity contribution in [3.8, 4) is 0 Å². The highest BCUT2D eigenvalue weighted by molar-refractivity contribution is 6.29. The molecule has 2 aromatic rings. The average Bonchev–Trinajstić information content (AvgIpc) is 3.01. The second-order valence-electron chi connectivity index (χ2n) is 5.70. The third kappa shape index (κ3) is 3.88. The van der Waals surface area contributed by atoms with Crippen LogP contribution in [0.4, 0.5) is 0 Å². The minimum Gasteiger partial charge on any atom is -0.383 e. The maximum Gasteiger partial charge on any atom is 0.269 e. The van der Waals surface area contributed by atoms with Gasteiger partial charge < -0.3 is 14.8 Å². The first kappa shape index (κ1) is 16.5. The van der Waals surface area contributed by atoms with Crippen LogP contribution in [-0.4, -0.2) is 54.7 Å². The molecule has 0 spiro atoms. The Morgan fingerprint density at radius 3 is 2.22 bits per heavy atom. The van der Waals surface area contributed by atoms with Crippen LogP contribution in [0.15, 0.2) is 48.8 Å². The first-order valence-corrected chi connectivity index (χ1v) is 7.28. The number of rotatable bonds is 5. The third-order valence-corrected chi connectivity index (χ3v) is 3.30. The SMILES string of the molecule is CN(C)/C=C(\C(=O)c1c[nH]c(C(=O)N(C)C)c1)c1ccccc1. The van der Waals surface area contributed by atoms with Crippen LogP contribution in [0.5, 0.6) is 0 Å². The number of benzene rings is 1. The fourth-order valence-corrected chi connectivity index (χ4v) is 2.19. The number of H-pyrrole nitrogens is 1. The number of Topliss-reactive ketones (excluding diaryl/α,β-unsaturated/α-hetero) is 1. The monoisotopic (exact) mass is 311 g/mol. The highest BCUT2D eigenvalue weighted by Crippen LogP contribution is 2.21. The first-order valence-electron chi connectivity index (χ1n) is 7.28. The van der Waals surface area contributed by atoms with Crippen molar-refractivity contribution < 1.29 is 9.59 Å². The number of ketones is 1. The van der Waals surface area contributed by atoms with E-state index in [1.54, 1.807) is 32.6 Å². The molecule has 1 heterocycles. The van der Waals surface area contributed by atoms with Crippen LogP contribution in [0.1, 0.15) is 26.4 Å². The minimum atomic E-state index is -0.165. The van der Waals surface area contributed by atoms with Crippen molar-refractivity contribution >= 4 is 17.3 Å². The first-order chi connectivity index (χ1) is 10.9. The van der Waals surface area contributed by atoms with Crippen molar-refractivity contribution in [3.63, 3.8) is 0 Å². The Morgan fingerprint density at radius 1 is 1.00 bits per heavy atom. The Labute approximate surface area is 136 Å². The van der Waals surface area contributed by atoms with Crippen molar-refractivity contribution in [2.24, 2.45) is 0 Å². The Bertz CT molecular complexity index is 728. The molecule has 0 aliphatic rings. The Balaban J connectivity index is 2.38. The summed E-state index contributed by atoms with van der Waals surface area (Å²) in [5, 5.41) is 0. The lowest BCUT2D eigenvalue weighted by atomic mass is 9.99. The molecule has 23 heavy (non-hydrogen) atoms. The smallest absolute Gasteiger partial charge is 0.269 e. The molecule has 1 aromatic carbocycles. The number of nitrogens with zero attached hydrogens (tertiary/aromatic N) is 2. The quantitative estimate of drug-likeness (QED) is 0.682.